The normalized spacial score (nSPS) is 22.5. The first kappa shape index (κ1) is 46.0. The summed E-state index contributed by atoms with van der Waals surface area (Å²) in [5, 5.41) is 53.9. The third kappa shape index (κ3) is 23.2. The van der Waals surface area contributed by atoms with Crippen LogP contribution in [0.1, 0.15) is 181 Å². The molecular weight excluding hydrogens is 622 g/mol. The molecule has 0 aliphatic carbocycles. The molecule has 0 aromatic carbocycles. The van der Waals surface area contributed by atoms with Gasteiger partial charge in [0.05, 0.1) is 25.4 Å². The summed E-state index contributed by atoms with van der Waals surface area (Å²) in [7, 11) is 0. The topological polar surface area (TPSA) is 149 Å². The van der Waals surface area contributed by atoms with Gasteiger partial charge in [-0.15, -0.1) is 0 Å². The summed E-state index contributed by atoms with van der Waals surface area (Å²) in [4.78, 5) is 12.9. The number of aliphatic hydroxyl groups excluding tert-OH is 5. The van der Waals surface area contributed by atoms with Crippen molar-refractivity contribution in [3.05, 3.63) is 12.2 Å². The zero-order chi connectivity index (χ0) is 36.0. The lowest BCUT2D eigenvalue weighted by molar-refractivity contribution is -0.302. The summed E-state index contributed by atoms with van der Waals surface area (Å²) in [6.45, 7) is 3.75. The molecule has 0 saturated carbocycles. The number of amides is 1. The van der Waals surface area contributed by atoms with Crippen molar-refractivity contribution in [2.75, 3.05) is 13.2 Å². The van der Waals surface area contributed by atoms with Gasteiger partial charge >= 0.3 is 0 Å². The summed E-state index contributed by atoms with van der Waals surface area (Å²) < 4.78 is 11.2. The van der Waals surface area contributed by atoms with E-state index in [0.29, 0.717) is 6.42 Å². The number of carbonyl (C=O) groups excluding carboxylic acids is 1. The first-order valence-corrected chi connectivity index (χ1v) is 20.4. The number of allylic oxidation sites excluding steroid dienone is 1. The van der Waals surface area contributed by atoms with E-state index in [1.807, 2.05) is 6.08 Å². The molecule has 9 heteroatoms. The number of carbonyl (C=O) groups is 1. The van der Waals surface area contributed by atoms with Gasteiger partial charge in [0.1, 0.15) is 24.4 Å². The van der Waals surface area contributed by atoms with Crippen LogP contribution in [-0.4, -0.2) is 87.5 Å². The molecule has 7 atom stereocenters. The largest absolute Gasteiger partial charge is 0.394 e. The number of aliphatic hydroxyl groups is 5. The van der Waals surface area contributed by atoms with Gasteiger partial charge in [-0.3, -0.25) is 4.79 Å². The molecule has 2 unspecified atom stereocenters. The van der Waals surface area contributed by atoms with Crippen LogP contribution >= 0.6 is 0 Å². The van der Waals surface area contributed by atoms with Crippen molar-refractivity contribution in [2.45, 2.75) is 224 Å². The molecule has 6 N–H and O–H groups in total. The SMILES string of the molecule is CCCCCCCCCCC/C=C/[C@@H](O)[C@H](CO[C@@H]1O[C@H](CO)[C@@H](O)C(O)C1O)NC(=O)CCCCCCCCCCCCCCCCC. The third-order valence-electron chi connectivity index (χ3n) is 9.86. The zero-order valence-corrected chi connectivity index (χ0v) is 31.5. The Morgan fingerprint density at radius 2 is 1.12 bits per heavy atom. The van der Waals surface area contributed by atoms with E-state index in [-0.39, 0.29) is 12.5 Å². The van der Waals surface area contributed by atoms with Gasteiger partial charge in [0.25, 0.3) is 0 Å². The van der Waals surface area contributed by atoms with Crippen LogP contribution in [0.2, 0.25) is 0 Å². The van der Waals surface area contributed by atoms with Crippen LogP contribution in [0.15, 0.2) is 12.2 Å². The van der Waals surface area contributed by atoms with E-state index in [1.165, 1.54) is 122 Å². The Kier molecular flexibility index (Phi) is 29.7. The highest BCUT2D eigenvalue weighted by atomic mass is 16.7. The highest BCUT2D eigenvalue weighted by Crippen LogP contribution is 2.22. The van der Waals surface area contributed by atoms with Crippen molar-refractivity contribution in [3.8, 4) is 0 Å². The van der Waals surface area contributed by atoms with Crippen molar-refractivity contribution in [1.82, 2.24) is 5.32 Å². The van der Waals surface area contributed by atoms with Gasteiger partial charge in [0, 0.05) is 6.42 Å². The summed E-state index contributed by atoms with van der Waals surface area (Å²) in [5.41, 5.74) is 0. The first-order chi connectivity index (χ1) is 23.8. The van der Waals surface area contributed by atoms with Crippen molar-refractivity contribution in [2.24, 2.45) is 0 Å². The second-order valence-electron chi connectivity index (χ2n) is 14.4. The molecule has 1 saturated heterocycles. The predicted molar refractivity (Wildman–Crippen MR) is 198 cm³/mol. The molecule has 0 radical (unpaired) electrons. The monoisotopic (exact) mass is 700 g/mol. The van der Waals surface area contributed by atoms with Gasteiger partial charge in [0.2, 0.25) is 5.91 Å². The number of nitrogens with one attached hydrogen (secondary N) is 1. The molecule has 290 valence electrons. The molecule has 1 rings (SSSR count). The zero-order valence-electron chi connectivity index (χ0n) is 31.5. The second-order valence-corrected chi connectivity index (χ2v) is 14.4. The van der Waals surface area contributed by atoms with E-state index in [9.17, 15) is 30.3 Å². The van der Waals surface area contributed by atoms with Gasteiger partial charge in [-0.2, -0.15) is 0 Å². The Hall–Kier alpha value is -1.07. The van der Waals surface area contributed by atoms with Crippen molar-refractivity contribution >= 4 is 5.91 Å². The maximum atomic E-state index is 12.9. The van der Waals surface area contributed by atoms with Gasteiger partial charge in [0.15, 0.2) is 6.29 Å². The lowest BCUT2D eigenvalue weighted by Crippen LogP contribution is -2.60. The van der Waals surface area contributed by atoms with E-state index >= 15 is 0 Å². The molecule has 1 amide bonds. The summed E-state index contributed by atoms with van der Waals surface area (Å²) in [5.74, 6) is -0.177. The number of hydrogen-bond donors (Lipinski definition) is 6. The lowest BCUT2D eigenvalue weighted by atomic mass is 9.99. The molecule has 49 heavy (non-hydrogen) atoms. The molecule has 1 aliphatic heterocycles. The van der Waals surface area contributed by atoms with Crippen LogP contribution in [0.25, 0.3) is 0 Å². The minimum atomic E-state index is -1.56. The average Bonchev–Trinajstić information content (AvgIpc) is 3.10. The average molecular weight is 700 g/mol. The minimum Gasteiger partial charge on any atom is -0.394 e. The van der Waals surface area contributed by atoms with E-state index in [0.717, 1.165) is 38.5 Å². The molecule has 0 aromatic heterocycles. The Bertz CT molecular complexity index is 781. The molecule has 1 fully saturated rings. The van der Waals surface area contributed by atoms with Gasteiger partial charge in [-0.1, -0.05) is 167 Å². The van der Waals surface area contributed by atoms with Crippen LogP contribution in [0.5, 0.6) is 0 Å². The Morgan fingerprint density at radius 3 is 1.59 bits per heavy atom. The maximum Gasteiger partial charge on any atom is 0.220 e. The number of hydrogen-bond acceptors (Lipinski definition) is 8. The molecular formula is C40H77NO8. The molecule has 9 nitrogen and oxygen atoms in total. The van der Waals surface area contributed by atoms with Gasteiger partial charge in [-0.05, 0) is 19.3 Å². The lowest BCUT2D eigenvalue weighted by Gasteiger charge is -2.40. The van der Waals surface area contributed by atoms with Crippen LogP contribution in [0, 0.1) is 0 Å². The Morgan fingerprint density at radius 1 is 0.673 bits per heavy atom. The van der Waals surface area contributed by atoms with E-state index < -0.39 is 49.5 Å². The van der Waals surface area contributed by atoms with E-state index in [4.69, 9.17) is 9.47 Å². The van der Waals surface area contributed by atoms with Crippen LogP contribution < -0.4 is 5.32 Å². The minimum absolute atomic E-state index is 0.177. The summed E-state index contributed by atoms with van der Waals surface area (Å²) in [6, 6.07) is -0.796. The number of rotatable bonds is 33. The van der Waals surface area contributed by atoms with E-state index in [1.54, 1.807) is 6.08 Å². The summed E-state index contributed by atoms with van der Waals surface area (Å²) in [6.07, 6.45) is 26.8. The molecule has 1 aliphatic rings. The van der Waals surface area contributed by atoms with Gasteiger partial charge < -0.3 is 40.3 Å². The van der Waals surface area contributed by atoms with Crippen molar-refractivity contribution in [1.29, 1.82) is 0 Å². The number of ether oxygens (including phenoxy) is 2. The highest BCUT2D eigenvalue weighted by Gasteiger charge is 2.44. The fourth-order valence-corrected chi connectivity index (χ4v) is 6.51. The fourth-order valence-electron chi connectivity index (χ4n) is 6.51. The van der Waals surface area contributed by atoms with Crippen LogP contribution in [0.3, 0.4) is 0 Å². The molecule has 0 spiro atoms. The second kappa shape index (κ2) is 31.6. The van der Waals surface area contributed by atoms with Gasteiger partial charge in [-0.25, -0.2) is 0 Å². The predicted octanol–water partition coefficient (Wildman–Crippen LogP) is 7.39. The number of unbranched alkanes of at least 4 members (excludes halogenated alkanes) is 23. The molecule has 0 aromatic rings. The fraction of sp³-hybridized carbons (Fsp3) is 0.925. The molecule has 0 bridgehead atoms. The Balaban J connectivity index is 2.40. The van der Waals surface area contributed by atoms with Crippen LogP contribution in [0.4, 0.5) is 0 Å². The molecule has 1 heterocycles. The first-order valence-electron chi connectivity index (χ1n) is 20.4. The van der Waals surface area contributed by atoms with E-state index in [2.05, 4.69) is 19.2 Å². The highest BCUT2D eigenvalue weighted by molar-refractivity contribution is 5.76. The quantitative estimate of drug-likeness (QED) is 0.0307. The standard InChI is InChI=1S/C40H77NO8/c1-3-5-7-9-11-13-15-16-17-18-20-22-24-26-28-30-36(44)41-33(32-48-40-39(47)38(46)37(45)35(31-42)49-40)34(43)29-27-25-23-21-19-14-12-10-8-6-4-2/h27,29,33-35,37-40,42-43,45-47H,3-26,28,30-32H2,1-2H3,(H,41,44)/b29-27+/t33-,34+,35+,37+,38?,39?,40+/m0/s1. The van der Waals surface area contributed by atoms with Crippen molar-refractivity contribution in [3.63, 3.8) is 0 Å². The smallest absolute Gasteiger partial charge is 0.220 e. The van der Waals surface area contributed by atoms with Crippen LogP contribution in [-0.2, 0) is 14.3 Å². The Labute approximate surface area is 299 Å². The maximum absolute atomic E-state index is 12.9. The third-order valence-corrected chi connectivity index (χ3v) is 9.86. The summed E-state index contributed by atoms with van der Waals surface area (Å²) >= 11 is 0. The van der Waals surface area contributed by atoms with Crippen molar-refractivity contribution < 1.29 is 39.8 Å².